The Bertz CT molecular complexity index is 1950. The van der Waals surface area contributed by atoms with Crippen LogP contribution in [0.15, 0.2) is 175 Å². The molecule has 0 fully saturated rings. The number of allylic oxidation sites excluding steroid dienone is 1. The number of benzene rings is 5. The summed E-state index contributed by atoms with van der Waals surface area (Å²) in [4.78, 5) is 22.4. The van der Waals surface area contributed by atoms with Gasteiger partial charge in [-0.2, -0.15) is 0 Å². The van der Waals surface area contributed by atoms with E-state index in [-0.39, 0.29) is 5.91 Å². The number of nitrogens with one attached hydrogen (secondary N) is 2. The molecule has 1 amide bonds. The van der Waals surface area contributed by atoms with Crippen LogP contribution in [-0.4, -0.2) is 23.7 Å². The highest BCUT2D eigenvalue weighted by Gasteiger charge is 2.36. The number of aliphatic imine (C=N–C) groups is 1. The summed E-state index contributed by atoms with van der Waals surface area (Å²) in [7, 11) is 0. The standard InChI is InChI=1S/C42H38N6O/c43-29-37(30-45-27-26-31-14-5-1-6-15-31)46-41(49)33-17-13-16-32(28-33)38-24-25-39(40(44)47-38)48-42(34-18-7-2-8-19-34,35-20-9-3-10-21-35)36-22-11-4-12-23-36/h1-25,28-30,48H,26-27,43H2,(H2,44,47)(H,46,49)/b37-29+,45-30?. The molecule has 5 aromatic carbocycles. The Morgan fingerprint density at radius 1 is 0.714 bits per heavy atom. The number of carbonyl (C=O) groups excluding carboxylic acids is 1. The molecule has 6 aromatic rings. The molecular formula is C42H38N6O. The largest absolute Gasteiger partial charge is 0.403 e. The van der Waals surface area contributed by atoms with Gasteiger partial charge in [-0.3, -0.25) is 9.79 Å². The Hall–Kier alpha value is -6.47. The van der Waals surface area contributed by atoms with Crippen molar-refractivity contribution in [1.29, 1.82) is 0 Å². The van der Waals surface area contributed by atoms with Crippen LogP contribution in [0.4, 0.5) is 11.5 Å². The van der Waals surface area contributed by atoms with Crippen molar-refractivity contribution in [3.8, 4) is 11.3 Å². The van der Waals surface area contributed by atoms with Crippen molar-refractivity contribution in [3.63, 3.8) is 0 Å². The summed E-state index contributed by atoms with van der Waals surface area (Å²) in [6.45, 7) is 0.577. The maximum absolute atomic E-state index is 13.2. The van der Waals surface area contributed by atoms with E-state index in [2.05, 4.69) is 64.2 Å². The third kappa shape index (κ3) is 7.58. The summed E-state index contributed by atoms with van der Waals surface area (Å²) >= 11 is 0. The van der Waals surface area contributed by atoms with Gasteiger partial charge in [0.2, 0.25) is 0 Å². The molecule has 0 bridgehead atoms. The van der Waals surface area contributed by atoms with E-state index in [0.29, 0.717) is 35.0 Å². The van der Waals surface area contributed by atoms with Crippen LogP contribution in [0.2, 0.25) is 0 Å². The molecule has 1 heterocycles. The molecule has 6 N–H and O–H groups in total. The second kappa shape index (κ2) is 15.4. The lowest BCUT2D eigenvalue weighted by Crippen LogP contribution is -2.38. The number of anilines is 2. The number of nitrogens with two attached hydrogens (primary N) is 2. The number of amides is 1. The Kier molecular flexibility index (Phi) is 10.2. The molecule has 0 aliphatic rings. The molecule has 6 rings (SSSR count). The van der Waals surface area contributed by atoms with Crippen LogP contribution in [0.25, 0.3) is 11.3 Å². The fourth-order valence-electron chi connectivity index (χ4n) is 5.87. The summed E-state index contributed by atoms with van der Waals surface area (Å²) < 4.78 is 0. The Morgan fingerprint density at radius 2 is 1.29 bits per heavy atom. The van der Waals surface area contributed by atoms with E-state index in [1.165, 1.54) is 11.8 Å². The fraction of sp³-hybridized carbons (Fsp3) is 0.0714. The quantitative estimate of drug-likeness (QED) is 0.0811. The number of nitrogen functional groups attached to an aromatic ring is 1. The molecule has 0 radical (unpaired) electrons. The summed E-state index contributed by atoms with van der Waals surface area (Å²) in [5.41, 5.74) is 19.0. The van der Waals surface area contributed by atoms with Crippen molar-refractivity contribution in [2.45, 2.75) is 12.0 Å². The molecule has 0 spiro atoms. The number of pyridine rings is 1. The fourth-order valence-corrected chi connectivity index (χ4v) is 5.87. The summed E-state index contributed by atoms with van der Waals surface area (Å²) in [5, 5.41) is 6.64. The van der Waals surface area contributed by atoms with Crippen molar-refractivity contribution >= 4 is 23.6 Å². The zero-order valence-corrected chi connectivity index (χ0v) is 27.0. The minimum atomic E-state index is -0.752. The first kappa shape index (κ1) is 32.5. The maximum atomic E-state index is 13.2. The molecule has 242 valence electrons. The highest BCUT2D eigenvalue weighted by atomic mass is 16.1. The average molecular weight is 643 g/mol. The SMILES string of the molecule is N/C=C(\C=NCCc1ccccc1)NC(=O)c1cccc(-c2ccc(NC(c3ccccc3)(c3ccccc3)c3ccccc3)c(N)n2)c1. The maximum Gasteiger partial charge on any atom is 0.255 e. The van der Waals surface area contributed by atoms with Gasteiger partial charge in [-0.05, 0) is 52.9 Å². The monoisotopic (exact) mass is 642 g/mol. The van der Waals surface area contributed by atoms with Crippen molar-refractivity contribution in [3.05, 3.63) is 197 Å². The molecule has 0 saturated carbocycles. The van der Waals surface area contributed by atoms with Gasteiger partial charge in [0.15, 0.2) is 0 Å². The Labute approximate surface area is 287 Å². The normalized spacial score (nSPS) is 11.7. The zero-order valence-electron chi connectivity index (χ0n) is 27.0. The highest BCUT2D eigenvalue weighted by Crippen LogP contribution is 2.41. The zero-order chi connectivity index (χ0) is 33.9. The third-order valence-electron chi connectivity index (χ3n) is 8.33. The van der Waals surface area contributed by atoms with Crippen LogP contribution in [0.1, 0.15) is 32.6 Å². The molecule has 0 atom stereocenters. The van der Waals surface area contributed by atoms with Gasteiger partial charge in [-0.15, -0.1) is 0 Å². The second-order valence-corrected chi connectivity index (χ2v) is 11.5. The predicted molar refractivity (Wildman–Crippen MR) is 200 cm³/mol. The number of aromatic nitrogens is 1. The first-order valence-corrected chi connectivity index (χ1v) is 16.2. The van der Waals surface area contributed by atoms with Crippen LogP contribution in [0, 0.1) is 0 Å². The van der Waals surface area contributed by atoms with E-state index < -0.39 is 5.54 Å². The summed E-state index contributed by atoms with van der Waals surface area (Å²) in [5.74, 6) is 0.0253. The molecule has 0 aliphatic carbocycles. The predicted octanol–water partition coefficient (Wildman–Crippen LogP) is 7.58. The van der Waals surface area contributed by atoms with Crippen molar-refractivity contribution < 1.29 is 4.79 Å². The van der Waals surface area contributed by atoms with Crippen LogP contribution < -0.4 is 22.1 Å². The number of rotatable bonds is 12. The van der Waals surface area contributed by atoms with E-state index in [1.54, 1.807) is 18.3 Å². The number of nitrogens with zero attached hydrogens (tertiary/aromatic N) is 2. The minimum Gasteiger partial charge on any atom is -0.403 e. The smallest absolute Gasteiger partial charge is 0.255 e. The Balaban J connectivity index is 1.24. The summed E-state index contributed by atoms with van der Waals surface area (Å²) in [6.07, 6.45) is 3.71. The molecule has 7 nitrogen and oxygen atoms in total. The van der Waals surface area contributed by atoms with Crippen LogP contribution in [0.5, 0.6) is 0 Å². The molecular weight excluding hydrogens is 605 g/mol. The topological polar surface area (TPSA) is 118 Å². The van der Waals surface area contributed by atoms with Gasteiger partial charge in [0.25, 0.3) is 5.91 Å². The van der Waals surface area contributed by atoms with E-state index in [0.717, 1.165) is 28.7 Å². The van der Waals surface area contributed by atoms with Gasteiger partial charge in [0.1, 0.15) is 11.4 Å². The van der Waals surface area contributed by atoms with Gasteiger partial charge in [0, 0.05) is 30.1 Å². The third-order valence-corrected chi connectivity index (χ3v) is 8.33. The highest BCUT2D eigenvalue weighted by molar-refractivity contribution is 5.99. The second-order valence-electron chi connectivity index (χ2n) is 11.5. The van der Waals surface area contributed by atoms with E-state index in [4.69, 9.17) is 16.5 Å². The molecule has 0 unspecified atom stereocenters. The van der Waals surface area contributed by atoms with Crippen LogP contribution >= 0.6 is 0 Å². The van der Waals surface area contributed by atoms with Crippen molar-refractivity contribution in [1.82, 2.24) is 10.3 Å². The molecule has 7 heteroatoms. The number of carbonyl (C=O) groups is 1. The first-order chi connectivity index (χ1) is 24.1. The summed E-state index contributed by atoms with van der Waals surface area (Å²) in [6, 6.07) is 52.2. The molecule has 49 heavy (non-hydrogen) atoms. The first-order valence-electron chi connectivity index (χ1n) is 16.2. The van der Waals surface area contributed by atoms with Crippen molar-refractivity contribution in [2.75, 3.05) is 17.6 Å². The van der Waals surface area contributed by atoms with Crippen molar-refractivity contribution in [2.24, 2.45) is 10.7 Å². The molecule has 1 aromatic heterocycles. The van der Waals surface area contributed by atoms with Gasteiger partial charge >= 0.3 is 0 Å². The van der Waals surface area contributed by atoms with E-state index in [9.17, 15) is 4.79 Å². The number of hydrogen-bond donors (Lipinski definition) is 4. The Morgan fingerprint density at radius 3 is 1.84 bits per heavy atom. The number of hydrogen-bond acceptors (Lipinski definition) is 6. The van der Waals surface area contributed by atoms with Crippen LogP contribution in [-0.2, 0) is 12.0 Å². The van der Waals surface area contributed by atoms with Crippen LogP contribution in [0.3, 0.4) is 0 Å². The van der Waals surface area contributed by atoms with Gasteiger partial charge in [0.05, 0.1) is 17.1 Å². The minimum absolute atomic E-state index is 0.308. The van der Waals surface area contributed by atoms with Gasteiger partial charge < -0.3 is 22.1 Å². The average Bonchev–Trinajstić information content (AvgIpc) is 3.17. The lowest BCUT2D eigenvalue weighted by atomic mass is 9.77. The lowest BCUT2D eigenvalue weighted by Gasteiger charge is -2.38. The molecule has 0 aliphatic heterocycles. The van der Waals surface area contributed by atoms with Gasteiger partial charge in [-0.25, -0.2) is 4.98 Å². The lowest BCUT2D eigenvalue weighted by molar-refractivity contribution is 0.0968. The van der Waals surface area contributed by atoms with Gasteiger partial charge in [-0.1, -0.05) is 133 Å². The molecule has 0 saturated heterocycles. The van der Waals surface area contributed by atoms with E-state index >= 15 is 0 Å². The van der Waals surface area contributed by atoms with E-state index in [1.807, 2.05) is 97.1 Å².